The summed E-state index contributed by atoms with van der Waals surface area (Å²) in [5.41, 5.74) is 3.95. The van der Waals surface area contributed by atoms with Gasteiger partial charge >= 0.3 is 0 Å². The number of pyridine rings is 1. The van der Waals surface area contributed by atoms with Crippen LogP contribution in [0.2, 0.25) is 0 Å². The standard InChI is InChI=1S/C22H18N2O2S/c1-26-16-7-3-6-15(11-16)21(25)19-13-24-22-20(19)18(9-10-23-22)14-5-4-8-17(12-14)27-2/h3-13H,1-2H3,(H,23,24). The normalized spacial score (nSPS) is 10.9. The lowest BCUT2D eigenvalue weighted by molar-refractivity contribution is 0.104. The maximum atomic E-state index is 13.2. The highest BCUT2D eigenvalue weighted by atomic mass is 32.2. The van der Waals surface area contributed by atoms with Crippen LogP contribution in [0.1, 0.15) is 15.9 Å². The van der Waals surface area contributed by atoms with Crippen LogP contribution in [0.15, 0.2) is 71.9 Å². The van der Waals surface area contributed by atoms with Gasteiger partial charge in [-0.3, -0.25) is 4.79 Å². The average Bonchev–Trinajstić information content (AvgIpc) is 3.17. The number of aromatic amines is 1. The predicted octanol–water partition coefficient (Wildman–Crippen LogP) is 5.19. The fraction of sp³-hybridized carbons (Fsp3) is 0.0909. The van der Waals surface area contributed by atoms with Gasteiger partial charge in [-0.2, -0.15) is 0 Å². The molecule has 4 nitrogen and oxygen atoms in total. The molecular weight excluding hydrogens is 356 g/mol. The van der Waals surface area contributed by atoms with Crippen LogP contribution < -0.4 is 4.74 Å². The first-order chi connectivity index (χ1) is 13.2. The molecule has 134 valence electrons. The summed E-state index contributed by atoms with van der Waals surface area (Å²) in [5, 5.41) is 0.837. The number of benzene rings is 2. The van der Waals surface area contributed by atoms with E-state index in [0.717, 1.165) is 16.5 Å². The number of nitrogens with zero attached hydrogens (tertiary/aromatic N) is 1. The Hall–Kier alpha value is -3.05. The molecule has 0 unspecified atom stereocenters. The summed E-state index contributed by atoms with van der Waals surface area (Å²) in [6.07, 6.45) is 5.55. The molecule has 4 rings (SSSR count). The first kappa shape index (κ1) is 17.4. The molecule has 27 heavy (non-hydrogen) atoms. The molecule has 4 aromatic rings. The summed E-state index contributed by atoms with van der Waals surface area (Å²) in [6, 6.07) is 17.5. The second-order valence-electron chi connectivity index (χ2n) is 6.08. The Balaban J connectivity index is 1.88. The van der Waals surface area contributed by atoms with E-state index in [-0.39, 0.29) is 5.78 Å². The topological polar surface area (TPSA) is 55.0 Å². The number of carbonyl (C=O) groups excluding carboxylic acids is 1. The first-order valence-electron chi connectivity index (χ1n) is 8.50. The number of hydrogen-bond donors (Lipinski definition) is 1. The van der Waals surface area contributed by atoms with E-state index in [1.54, 1.807) is 43.4 Å². The number of carbonyl (C=O) groups is 1. The molecule has 0 saturated carbocycles. The summed E-state index contributed by atoms with van der Waals surface area (Å²) >= 11 is 1.69. The highest BCUT2D eigenvalue weighted by Crippen LogP contribution is 2.33. The van der Waals surface area contributed by atoms with E-state index >= 15 is 0 Å². The van der Waals surface area contributed by atoms with Gasteiger partial charge in [-0.15, -0.1) is 11.8 Å². The van der Waals surface area contributed by atoms with Gasteiger partial charge in [0.1, 0.15) is 11.4 Å². The molecule has 0 aliphatic heterocycles. The number of fused-ring (bicyclic) bond motifs is 1. The lowest BCUT2D eigenvalue weighted by Crippen LogP contribution is -2.01. The van der Waals surface area contributed by atoms with Gasteiger partial charge in [0.25, 0.3) is 0 Å². The molecule has 5 heteroatoms. The van der Waals surface area contributed by atoms with E-state index in [2.05, 4.69) is 34.4 Å². The Bertz CT molecular complexity index is 1130. The molecule has 1 N–H and O–H groups in total. The van der Waals surface area contributed by atoms with Crippen molar-refractivity contribution in [1.29, 1.82) is 0 Å². The van der Waals surface area contributed by atoms with E-state index in [1.165, 1.54) is 4.90 Å². The van der Waals surface area contributed by atoms with Gasteiger partial charge in [-0.05, 0) is 47.7 Å². The Morgan fingerprint density at radius 3 is 2.78 bits per heavy atom. The second-order valence-corrected chi connectivity index (χ2v) is 6.96. The van der Waals surface area contributed by atoms with Gasteiger partial charge in [0, 0.05) is 28.2 Å². The van der Waals surface area contributed by atoms with Crippen LogP contribution in [0, 0.1) is 0 Å². The molecule has 0 saturated heterocycles. The Kier molecular flexibility index (Phi) is 4.69. The molecule has 0 fully saturated rings. The number of nitrogens with one attached hydrogen (secondary N) is 1. The lowest BCUT2D eigenvalue weighted by Gasteiger charge is -2.08. The Morgan fingerprint density at radius 1 is 1.11 bits per heavy atom. The molecular formula is C22H18N2O2S. The maximum Gasteiger partial charge on any atom is 0.195 e. The first-order valence-corrected chi connectivity index (χ1v) is 9.73. The van der Waals surface area contributed by atoms with Crippen molar-refractivity contribution in [3.05, 3.63) is 78.1 Å². The molecule has 2 heterocycles. The number of methoxy groups -OCH3 is 1. The molecule has 2 aromatic carbocycles. The third-order valence-corrected chi connectivity index (χ3v) is 5.26. The summed E-state index contributed by atoms with van der Waals surface area (Å²) in [5.74, 6) is 0.599. The minimum atomic E-state index is -0.0598. The third kappa shape index (κ3) is 3.22. The molecule has 0 aliphatic rings. The van der Waals surface area contributed by atoms with Crippen molar-refractivity contribution in [3.63, 3.8) is 0 Å². The zero-order valence-corrected chi connectivity index (χ0v) is 15.8. The van der Waals surface area contributed by atoms with E-state index in [4.69, 9.17) is 4.74 Å². The molecule has 0 radical (unpaired) electrons. The fourth-order valence-corrected chi connectivity index (χ4v) is 3.65. The maximum absolute atomic E-state index is 13.2. The highest BCUT2D eigenvalue weighted by molar-refractivity contribution is 7.98. The summed E-state index contributed by atoms with van der Waals surface area (Å²) < 4.78 is 5.25. The van der Waals surface area contributed by atoms with Crippen LogP contribution in [-0.4, -0.2) is 29.1 Å². The number of ketones is 1. The zero-order chi connectivity index (χ0) is 18.8. The molecule has 0 bridgehead atoms. The fourth-order valence-electron chi connectivity index (χ4n) is 3.19. The van der Waals surface area contributed by atoms with Crippen molar-refractivity contribution in [1.82, 2.24) is 9.97 Å². The van der Waals surface area contributed by atoms with Crippen LogP contribution >= 0.6 is 11.8 Å². The monoisotopic (exact) mass is 374 g/mol. The van der Waals surface area contributed by atoms with Gasteiger partial charge in [0.15, 0.2) is 5.78 Å². The van der Waals surface area contributed by atoms with Crippen LogP contribution in [0.25, 0.3) is 22.2 Å². The SMILES string of the molecule is COc1cccc(C(=O)c2c[nH]c3nccc(-c4cccc(SC)c4)c23)c1. The Morgan fingerprint density at radius 2 is 1.96 bits per heavy atom. The van der Waals surface area contributed by atoms with Crippen molar-refractivity contribution in [2.75, 3.05) is 13.4 Å². The number of H-pyrrole nitrogens is 1. The van der Waals surface area contributed by atoms with Crippen molar-refractivity contribution in [2.45, 2.75) is 4.90 Å². The van der Waals surface area contributed by atoms with E-state index in [1.807, 2.05) is 24.3 Å². The lowest BCUT2D eigenvalue weighted by atomic mass is 9.97. The number of rotatable bonds is 5. The van der Waals surface area contributed by atoms with E-state index in [0.29, 0.717) is 22.5 Å². The minimum absolute atomic E-state index is 0.0598. The molecule has 2 aromatic heterocycles. The number of ether oxygens (including phenoxy) is 1. The van der Waals surface area contributed by atoms with Crippen molar-refractivity contribution in [3.8, 4) is 16.9 Å². The van der Waals surface area contributed by atoms with Gasteiger partial charge < -0.3 is 9.72 Å². The van der Waals surface area contributed by atoms with Crippen LogP contribution in [0.5, 0.6) is 5.75 Å². The second kappa shape index (κ2) is 7.29. The van der Waals surface area contributed by atoms with Gasteiger partial charge in [-0.25, -0.2) is 4.98 Å². The van der Waals surface area contributed by atoms with E-state index < -0.39 is 0 Å². The Labute approximate surface area is 161 Å². The smallest absolute Gasteiger partial charge is 0.195 e. The molecule has 0 atom stereocenters. The predicted molar refractivity (Wildman–Crippen MR) is 110 cm³/mol. The molecule has 0 aliphatic carbocycles. The number of aromatic nitrogens is 2. The number of hydrogen-bond acceptors (Lipinski definition) is 4. The molecule has 0 amide bonds. The van der Waals surface area contributed by atoms with Gasteiger partial charge in [0.05, 0.1) is 12.7 Å². The van der Waals surface area contributed by atoms with Crippen LogP contribution in [0.4, 0.5) is 0 Å². The van der Waals surface area contributed by atoms with Crippen LogP contribution in [0.3, 0.4) is 0 Å². The third-order valence-electron chi connectivity index (χ3n) is 4.53. The van der Waals surface area contributed by atoms with Gasteiger partial charge in [-0.1, -0.05) is 24.3 Å². The summed E-state index contributed by atoms with van der Waals surface area (Å²) in [7, 11) is 1.59. The average molecular weight is 374 g/mol. The largest absolute Gasteiger partial charge is 0.497 e. The van der Waals surface area contributed by atoms with Crippen LogP contribution in [-0.2, 0) is 0 Å². The summed E-state index contributed by atoms with van der Waals surface area (Å²) in [6.45, 7) is 0. The van der Waals surface area contributed by atoms with Crippen molar-refractivity contribution >= 4 is 28.6 Å². The summed E-state index contributed by atoms with van der Waals surface area (Å²) in [4.78, 5) is 21.9. The highest BCUT2D eigenvalue weighted by Gasteiger charge is 2.18. The van der Waals surface area contributed by atoms with Crippen molar-refractivity contribution < 1.29 is 9.53 Å². The zero-order valence-electron chi connectivity index (χ0n) is 15.0. The molecule has 0 spiro atoms. The van der Waals surface area contributed by atoms with Gasteiger partial charge in [0.2, 0.25) is 0 Å². The number of thioether (sulfide) groups is 1. The minimum Gasteiger partial charge on any atom is -0.497 e. The van der Waals surface area contributed by atoms with E-state index in [9.17, 15) is 4.79 Å². The van der Waals surface area contributed by atoms with Crippen molar-refractivity contribution in [2.24, 2.45) is 0 Å². The quantitative estimate of drug-likeness (QED) is 0.386.